The molecule has 0 unspecified atom stereocenters. The van der Waals surface area contributed by atoms with Crippen LogP contribution in [0.1, 0.15) is 24.2 Å². The topological polar surface area (TPSA) is 76.7 Å². The van der Waals surface area contributed by atoms with Gasteiger partial charge in [0.1, 0.15) is 11.3 Å². The minimum Gasteiger partial charge on any atom is -0.494 e. The fraction of sp³-hybridized carbons (Fsp3) is 0.333. The fourth-order valence-electron chi connectivity index (χ4n) is 3.51. The zero-order valence-electron chi connectivity index (χ0n) is 17.4. The predicted molar refractivity (Wildman–Crippen MR) is 126 cm³/mol. The van der Waals surface area contributed by atoms with E-state index in [-0.39, 0.29) is 29.4 Å². The van der Waals surface area contributed by atoms with E-state index < -0.39 is 5.97 Å². The molecule has 0 aliphatic carbocycles. The number of likely N-dealkylation sites (N-methyl/N-ethyl adjacent to an activating group) is 1. The van der Waals surface area contributed by atoms with Gasteiger partial charge in [-0.1, -0.05) is 37.0 Å². The van der Waals surface area contributed by atoms with Crippen molar-refractivity contribution in [3.63, 3.8) is 0 Å². The maximum Gasteiger partial charge on any atom is 0.335 e. The van der Waals surface area contributed by atoms with Gasteiger partial charge in [-0.2, -0.15) is 0 Å². The average Bonchev–Trinajstić information content (AvgIpc) is 2.99. The Morgan fingerprint density at radius 3 is 2.39 bits per heavy atom. The van der Waals surface area contributed by atoms with E-state index in [9.17, 15) is 14.7 Å². The van der Waals surface area contributed by atoms with Crippen LogP contribution in [0.25, 0.3) is 16.7 Å². The van der Waals surface area contributed by atoms with Crippen molar-refractivity contribution < 1.29 is 14.6 Å². The van der Waals surface area contributed by atoms with Gasteiger partial charge in [0.15, 0.2) is 0 Å². The van der Waals surface area contributed by atoms with Gasteiger partial charge in [0.25, 0.3) is 0 Å². The Bertz CT molecular complexity index is 1150. The van der Waals surface area contributed by atoms with Gasteiger partial charge in [-0.15, -0.1) is 12.4 Å². The number of carbonyl (C=O) groups is 1. The second kappa shape index (κ2) is 10.4. The van der Waals surface area contributed by atoms with E-state index >= 15 is 0 Å². The molecule has 168 valence electrons. The molecule has 3 aromatic rings. The third kappa shape index (κ3) is 4.85. The van der Waals surface area contributed by atoms with Crippen molar-refractivity contribution in [2.45, 2.75) is 20.4 Å². The van der Waals surface area contributed by atoms with Gasteiger partial charge in [0.05, 0.1) is 28.9 Å². The number of aromatic carboxylic acids is 1. The van der Waals surface area contributed by atoms with Crippen molar-refractivity contribution in [2.24, 2.45) is 0 Å². The Hall–Kier alpha value is -2.19. The summed E-state index contributed by atoms with van der Waals surface area (Å²) in [5.41, 5.74) is 1.07. The van der Waals surface area contributed by atoms with Crippen LogP contribution in [-0.4, -0.2) is 51.9 Å². The fourth-order valence-corrected chi connectivity index (χ4v) is 4.00. The standard InChI is InChI=1S/C21H23Cl2N3O4.ClH/c1-4-24(5-2)8-9-25-17-10-13(20(27)28)11-18(30-3)19(17)26(21(25)29)16-7-6-14(22)12-15(16)23;/h6-7,10-12H,4-5,8-9H2,1-3H3,(H,27,28);1H. The third-order valence-electron chi connectivity index (χ3n) is 5.14. The first-order chi connectivity index (χ1) is 14.3. The maximum absolute atomic E-state index is 13.5. The third-order valence-corrected chi connectivity index (χ3v) is 5.68. The number of hydrogen-bond donors (Lipinski definition) is 1. The van der Waals surface area contributed by atoms with E-state index in [4.69, 9.17) is 27.9 Å². The summed E-state index contributed by atoms with van der Waals surface area (Å²) in [6.07, 6.45) is 0. The number of halogens is 3. The van der Waals surface area contributed by atoms with E-state index in [2.05, 4.69) is 18.7 Å². The highest BCUT2D eigenvalue weighted by Crippen LogP contribution is 2.32. The molecule has 1 N–H and O–H groups in total. The number of carboxylic acid groups (broad SMARTS) is 1. The Morgan fingerprint density at radius 1 is 1.16 bits per heavy atom. The highest BCUT2D eigenvalue weighted by molar-refractivity contribution is 6.35. The van der Waals surface area contributed by atoms with Gasteiger partial charge < -0.3 is 14.7 Å². The first-order valence-electron chi connectivity index (χ1n) is 9.56. The summed E-state index contributed by atoms with van der Waals surface area (Å²) in [4.78, 5) is 27.3. The van der Waals surface area contributed by atoms with Gasteiger partial charge in [0.2, 0.25) is 0 Å². The number of carboxylic acids is 1. The molecule has 0 radical (unpaired) electrons. The summed E-state index contributed by atoms with van der Waals surface area (Å²) in [5, 5.41) is 10.3. The molecule has 7 nitrogen and oxygen atoms in total. The molecule has 0 bridgehead atoms. The minimum atomic E-state index is -1.10. The van der Waals surface area contributed by atoms with Gasteiger partial charge in [-0.25, -0.2) is 9.59 Å². The highest BCUT2D eigenvalue weighted by atomic mass is 35.5. The quantitative estimate of drug-likeness (QED) is 0.503. The summed E-state index contributed by atoms with van der Waals surface area (Å²) in [6.45, 7) is 6.82. The molecule has 0 spiro atoms. The maximum atomic E-state index is 13.5. The summed E-state index contributed by atoms with van der Waals surface area (Å²) in [7, 11) is 1.44. The molecular formula is C21H24Cl3N3O4. The Labute approximate surface area is 196 Å². The van der Waals surface area contributed by atoms with Crippen molar-refractivity contribution in [1.82, 2.24) is 14.0 Å². The first kappa shape index (κ1) is 25.1. The van der Waals surface area contributed by atoms with Gasteiger partial charge in [-0.3, -0.25) is 9.13 Å². The van der Waals surface area contributed by atoms with Crippen LogP contribution in [-0.2, 0) is 6.54 Å². The summed E-state index contributed by atoms with van der Waals surface area (Å²) in [6, 6.07) is 7.75. The minimum absolute atomic E-state index is 0. The molecule has 0 saturated heterocycles. The largest absolute Gasteiger partial charge is 0.494 e. The van der Waals surface area contributed by atoms with E-state index in [1.807, 2.05) is 0 Å². The average molecular weight is 489 g/mol. The van der Waals surface area contributed by atoms with Crippen LogP contribution in [0, 0.1) is 0 Å². The van der Waals surface area contributed by atoms with Crippen LogP contribution in [0.2, 0.25) is 10.0 Å². The molecule has 0 atom stereocenters. The van der Waals surface area contributed by atoms with Crippen LogP contribution in [0.15, 0.2) is 35.1 Å². The van der Waals surface area contributed by atoms with Crippen molar-refractivity contribution in [3.8, 4) is 11.4 Å². The van der Waals surface area contributed by atoms with Crippen molar-refractivity contribution in [1.29, 1.82) is 0 Å². The lowest BCUT2D eigenvalue weighted by atomic mass is 10.1. The lowest BCUT2D eigenvalue weighted by Crippen LogP contribution is -2.31. The van der Waals surface area contributed by atoms with E-state index in [1.54, 1.807) is 22.8 Å². The zero-order valence-corrected chi connectivity index (χ0v) is 19.7. The predicted octanol–water partition coefficient (Wildman–Crippen LogP) is 4.57. The number of nitrogens with zero attached hydrogens (tertiary/aromatic N) is 3. The summed E-state index contributed by atoms with van der Waals surface area (Å²) in [5.74, 6) is -0.829. The van der Waals surface area contributed by atoms with Crippen molar-refractivity contribution in [2.75, 3.05) is 26.7 Å². The Kier molecular flexibility index (Phi) is 8.42. The number of rotatable bonds is 8. The number of benzene rings is 2. The molecule has 1 heterocycles. The summed E-state index contributed by atoms with van der Waals surface area (Å²) >= 11 is 12.4. The molecule has 0 fully saturated rings. The molecule has 10 heteroatoms. The number of ether oxygens (including phenoxy) is 1. The number of imidazole rings is 1. The molecule has 31 heavy (non-hydrogen) atoms. The Balaban J connectivity index is 0.00000341. The normalized spacial score (nSPS) is 11.0. The molecule has 3 rings (SSSR count). The second-order valence-electron chi connectivity index (χ2n) is 6.74. The van der Waals surface area contributed by atoms with Crippen LogP contribution in [0.3, 0.4) is 0 Å². The zero-order chi connectivity index (χ0) is 22.0. The number of aromatic nitrogens is 2. The van der Waals surface area contributed by atoms with Gasteiger partial charge in [0, 0.05) is 18.1 Å². The van der Waals surface area contributed by atoms with Gasteiger partial charge in [-0.05, 0) is 43.4 Å². The van der Waals surface area contributed by atoms with Crippen molar-refractivity contribution in [3.05, 3.63) is 56.4 Å². The molecule has 0 saturated carbocycles. The number of fused-ring (bicyclic) bond motifs is 1. The molecule has 0 aliphatic heterocycles. The van der Waals surface area contributed by atoms with E-state index in [0.717, 1.165) is 13.1 Å². The summed E-state index contributed by atoms with van der Waals surface area (Å²) < 4.78 is 8.47. The SMILES string of the molecule is CCN(CC)CCn1c(=O)n(-c2ccc(Cl)cc2Cl)c2c(OC)cc(C(=O)O)cc21.Cl. The van der Waals surface area contributed by atoms with E-state index in [1.165, 1.54) is 23.8 Å². The Morgan fingerprint density at radius 2 is 1.84 bits per heavy atom. The smallest absolute Gasteiger partial charge is 0.335 e. The molecule has 0 aliphatic rings. The molecule has 2 aromatic carbocycles. The van der Waals surface area contributed by atoms with Gasteiger partial charge >= 0.3 is 11.7 Å². The molecular weight excluding hydrogens is 465 g/mol. The molecule has 0 amide bonds. The highest BCUT2D eigenvalue weighted by Gasteiger charge is 2.22. The second-order valence-corrected chi connectivity index (χ2v) is 7.59. The van der Waals surface area contributed by atoms with Crippen LogP contribution >= 0.6 is 35.6 Å². The number of methoxy groups -OCH3 is 1. The van der Waals surface area contributed by atoms with Crippen LogP contribution < -0.4 is 10.4 Å². The van der Waals surface area contributed by atoms with Crippen molar-refractivity contribution >= 4 is 52.6 Å². The lowest BCUT2D eigenvalue weighted by molar-refractivity contribution is 0.0696. The van der Waals surface area contributed by atoms with Crippen LogP contribution in [0.4, 0.5) is 0 Å². The molecule has 1 aromatic heterocycles. The monoisotopic (exact) mass is 487 g/mol. The van der Waals surface area contributed by atoms with E-state index in [0.29, 0.717) is 39.9 Å². The number of hydrogen-bond acceptors (Lipinski definition) is 4. The first-order valence-corrected chi connectivity index (χ1v) is 10.3. The van der Waals surface area contributed by atoms with Crippen LogP contribution in [0.5, 0.6) is 5.75 Å². The lowest BCUT2D eigenvalue weighted by Gasteiger charge is -2.18.